The van der Waals surface area contributed by atoms with Crippen molar-refractivity contribution in [3.63, 3.8) is 0 Å². The molecule has 0 radical (unpaired) electrons. The summed E-state index contributed by atoms with van der Waals surface area (Å²) in [6.45, 7) is 4.20. The lowest BCUT2D eigenvalue weighted by Crippen LogP contribution is -2.28. The van der Waals surface area contributed by atoms with Gasteiger partial charge >= 0.3 is 11.9 Å². The summed E-state index contributed by atoms with van der Waals surface area (Å²) in [6, 6.07) is 0. The summed E-state index contributed by atoms with van der Waals surface area (Å²) in [6.07, 6.45) is 75.1. The van der Waals surface area contributed by atoms with E-state index in [0.29, 0.717) is 12.8 Å². The Morgan fingerprint density at radius 2 is 0.544 bits per heavy atom. The van der Waals surface area contributed by atoms with Crippen molar-refractivity contribution in [1.29, 1.82) is 0 Å². The third-order valence-electron chi connectivity index (χ3n) is 14.6. The normalized spacial score (nSPS) is 12.1. The zero-order valence-corrected chi connectivity index (χ0v) is 46.4. The number of carbonyl (C=O) groups excluding carboxylic acids is 2. The Morgan fingerprint density at radius 3 is 0.794 bits per heavy atom. The van der Waals surface area contributed by atoms with Gasteiger partial charge in [-0.25, -0.2) is 0 Å². The number of carbonyl (C=O) groups is 2. The molecule has 0 fully saturated rings. The first kappa shape index (κ1) is 66.6. The molecule has 0 bridgehead atoms. The summed E-state index contributed by atoms with van der Waals surface area (Å²) in [5, 5.41) is 9.65. The Bertz CT molecular complexity index is 994. The van der Waals surface area contributed by atoms with Gasteiger partial charge in [-0.05, 0) is 38.5 Å². The second-order valence-corrected chi connectivity index (χ2v) is 21.5. The molecule has 1 atom stereocenters. The van der Waals surface area contributed by atoms with Crippen LogP contribution in [0.15, 0.2) is 12.2 Å². The molecule has 0 aromatic rings. The largest absolute Gasteiger partial charge is 0.462 e. The van der Waals surface area contributed by atoms with Gasteiger partial charge in [0.15, 0.2) is 6.10 Å². The van der Waals surface area contributed by atoms with Crippen molar-refractivity contribution in [3.05, 3.63) is 12.2 Å². The van der Waals surface area contributed by atoms with Gasteiger partial charge in [0.1, 0.15) is 6.61 Å². The van der Waals surface area contributed by atoms with E-state index >= 15 is 0 Å². The number of rotatable bonds is 59. The van der Waals surface area contributed by atoms with Crippen LogP contribution in [0.1, 0.15) is 361 Å². The molecule has 0 saturated carbocycles. The summed E-state index contributed by atoms with van der Waals surface area (Å²) in [5.74, 6) is -0.565. The first-order chi connectivity index (χ1) is 33.6. The molecule has 404 valence electrons. The number of unbranched alkanes of at least 4 members (excludes halogenated alkanes) is 49. The standard InChI is InChI=1S/C63H122O5/c1-3-5-7-9-11-13-15-17-19-21-22-23-24-25-26-27-28-29-30-31-32-33-34-35-36-37-38-39-40-42-44-46-48-50-52-54-56-58-63(66)68-61(59-64)60-67-62(65)57-55-53-51-49-47-45-43-41-20-18-16-14-12-10-8-6-4-2/h21-22,61,64H,3-20,23-60H2,1-2H3/b22-21-. The highest BCUT2D eigenvalue weighted by Crippen LogP contribution is 2.18. The number of aliphatic hydroxyl groups is 1. The van der Waals surface area contributed by atoms with Crippen LogP contribution in [-0.4, -0.2) is 36.4 Å². The summed E-state index contributed by atoms with van der Waals surface area (Å²) in [7, 11) is 0. The maximum atomic E-state index is 12.3. The van der Waals surface area contributed by atoms with E-state index in [-0.39, 0.29) is 25.2 Å². The van der Waals surface area contributed by atoms with Crippen LogP contribution < -0.4 is 0 Å². The molecule has 0 heterocycles. The molecule has 0 amide bonds. The highest BCUT2D eigenvalue weighted by molar-refractivity contribution is 5.70. The topological polar surface area (TPSA) is 72.8 Å². The molecular formula is C63H122O5. The highest BCUT2D eigenvalue weighted by Gasteiger charge is 2.16. The van der Waals surface area contributed by atoms with Gasteiger partial charge in [-0.15, -0.1) is 0 Å². The number of ether oxygens (including phenoxy) is 2. The molecule has 5 heteroatoms. The maximum Gasteiger partial charge on any atom is 0.306 e. The summed E-state index contributed by atoms with van der Waals surface area (Å²) < 4.78 is 10.7. The number of hydrogen-bond donors (Lipinski definition) is 1. The first-order valence-corrected chi connectivity index (χ1v) is 31.2. The van der Waals surface area contributed by atoms with Crippen LogP contribution in [0, 0.1) is 0 Å². The van der Waals surface area contributed by atoms with E-state index < -0.39 is 6.10 Å². The minimum absolute atomic E-state index is 0.0567. The lowest BCUT2D eigenvalue weighted by atomic mass is 10.0. The van der Waals surface area contributed by atoms with Crippen LogP contribution in [0.3, 0.4) is 0 Å². The van der Waals surface area contributed by atoms with E-state index in [1.165, 1.54) is 302 Å². The van der Waals surface area contributed by atoms with Crippen molar-refractivity contribution in [2.45, 2.75) is 367 Å². The Balaban J connectivity index is 3.35. The minimum Gasteiger partial charge on any atom is -0.462 e. The molecule has 68 heavy (non-hydrogen) atoms. The van der Waals surface area contributed by atoms with Gasteiger partial charge in [-0.3, -0.25) is 9.59 Å². The second-order valence-electron chi connectivity index (χ2n) is 21.5. The lowest BCUT2D eigenvalue weighted by Gasteiger charge is -2.15. The summed E-state index contributed by atoms with van der Waals surface area (Å²) >= 11 is 0. The molecule has 0 aliphatic carbocycles. The molecule has 5 nitrogen and oxygen atoms in total. The van der Waals surface area contributed by atoms with Gasteiger partial charge in [0.05, 0.1) is 6.61 Å². The smallest absolute Gasteiger partial charge is 0.306 e. The Morgan fingerprint density at radius 1 is 0.324 bits per heavy atom. The average molecular weight is 960 g/mol. The van der Waals surface area contributed by atoms with Crippen molar-refractivity contribution in [2.24, 2.45) is 0 Å². The summed E-state index contributed by atoms with van der Waals surface area (Å²) in [4.78, 5) is 24.5. The molecule has 0 aliphatic heterocycles. The van der Waals surface area contributed by atoms with Gasteiger partial charge in [-0.1, -0.05) is 321 Å². The van der Waals surface area contributed by atoms with Crippen LogP contribution in [0.5, 0.6) is 0 Å². The van der Waals surface area contributed by atoms with Crippen molar-refractivity contribution >= 4 is 11.9 Å². The molecule has 1 N–H and O–H groups in total. The number of hydrogen-bond acceptors (Lipinski definition) is 5. The zero-order chi connectivity index (χ0) is 49.2. The molecule has 1 unspecified atom stereocenters. The van der Waals surface area contributed by atoms with E-state index in [2.05, 4.69) is 26.0 Å². The van der Waals surface area contributed by atoms with Gasteiger partial charge in [0.2, 0.25) is 0 Å². The molecule has 0 aromatic carbocycles. The van der Waals surface area contributed by atoms with Crippen molar-refractivity contribution in [1.82, 2.24) is 0 Å². The van der Waals surface area contributed by atoms with Crippen LogP contribution in [0.2, 0.25) is 0 Å². The molecule has 0 aromatic heterocycles. The van der Waals surface area contributed by atoms with Crippen molar-refractivity contribution < 1.29 is 24.2 Å². The Kier molecular flexibility index (Phi) is 58.7. The Hall–Kier alpha value is -1.36. The van der Waals surface area contributed by atoms with Gasteiger partial charge in [-0.2, -0.15) is 0 Å². The van der Waals surface area contributed by atoms with E-state index in [4.69, 9.17) is 9.47 Å². The zero-order valence-electron chi connectivity index (χ0n) is 46.4. The van der Waals surface area contributed by atoms with E-state index in [1.807, 2.05) is 0 Å². The Labute approximate surface area is 426 Å². The quantitative estimate of drug-likeness (QED) is 0.0374. The van der Waals surface area contributed by atoms with E-state index in [0.717, 1.165) is 32.1 Å². The molecule has 0 aliphatic rings. The molecule has 0 saturated heterocycles. The fourth-order valence-corrected chi connectivity index (χ4v) is 9.85. The maximum absolute atomic E-state index is 12.3. The van der Waals surface area contributed by atoms with Gasteiger partial charge in [0.25, 0.3) is 0 Å². The third-order valence-corrected chi connectivity index (χ3v) is 14.6. The second kappa shape index (κ2) is 59.9. The number of esters is 2. The van der Waals surface area contributed by atoms with Crippen LogP contribution in [0.4, 0.5) is 0 Å². The molecular weight excluding hydrogens is 837 g/mol. The minimum atomic E-state index is -0.765. The van der Waals surface area contributed by atoms with Crippen LogP contribution >= 0.6 is 0 Å². The van der Waals surface area contributed by atoms with E-state index in [1.54, 1.807) is 0 Å². The average Bonchev–Trinajstić information content (AvgIpc) is 3.34. The lowest BCUT2D eigenvalue weighted by molar-refractivity contribution is -0.161. The van der Waals surface area contributed by atoms with Crippen molar-refractivity contribution in [3.8, 4) is 0 Å². The van der Waals surface area contributed by atoms with Crippen LogP contribution in [-0.2, 0) is 19.1 Å². The van der Waals surface area contributed by atoms with Gasteiger partial charge < -0.3 is 14.6 Å². The van der Waals surface area contributed by atoms with Gasteiger partial charge in [0, 0.05) is 12.8 Å². The fraction of sp³-hybridized carbons (Fsp3) is 0.937. The summed E-state index contributed by atoms with van der Waals surface area (Å²) in [5.41, 5.74) is 0. The molecule has 0 spiro atoms. The fourth-order valence-electron chi connectivity index (χ4n) is 9.85. The highest BCUT2D eigenvalue weighted by atomic mass is 16.6. The predicted molar refractivity (Wildman–Crippen MR) is 298 cm³/mol. The SMILES string of the molecule is CCCCCCCCCC/C=C\CCCCCCCCCCCCCCCCCCCCCCCCCCCC(=O)OC(CO)COC(=O)CCCCCCCCCCCCCCCCCCC. The van der Waals surface area contributed by atoms with Crippen LogP contribution in [0.25, 0.3) is 0 Å². The van der Waals surface area contributed by atoms with E-state index in [9.17, 15) is 14.7 Å². The third kappa shape index (κ3) is 57.2. The first-order valence-electron chi connectivity index (χ1n) is 31.2. The monoisotopic (exact) mass is 959 g/mol. The predicted octanol–water partition coefficient (Wildman–Crippen LogP) is 21.1. The van der Waals surface area contributed by atoms with Crippen molar-refractivity contribution in [2.75, 3.05) is 13.2 Å². The number of allylic oxidation sites excluding steroid dienone is 2. The number of aliphatic hydroxyl groups excluding tert-OH is 1. The molecule has 0 rings (SSSR count).